The molecule has 0 saturated heterocycles. The van der Waals surface area contributed by atoms with Gasteiger partial charge in [-0.3, -0.25) is 38.4 Å². The van der Waals surface area contributed by atoms with E-state index in [9.17, 15) is 53.7 Å². The molecule has 0 spiro atoms. The highest BCUT2D eigenvalue weighted by Gasteiger charge is 2.40. The Morgan fingerprint density at radius 2 is 1.14 bits per heavy atom. The molecule has 0 aliphatic carbocycles. The molecule has 10 atom stereocenters. The van der Waals surface area contributed by atoms with Crippen LogP contribution >= 0.6 is 25.3 Å². The van der Waals surface area contributed by atoms with E-state index in [1.165, 1.54) is 52.0 Å². The molecule has 4 aromatic rings. The summed E-state index contributed by atoms with van der Waals surface area (Å²) in [6, 6.07) is 10.6. The lowest BCUT2D eigenvalue weighted by atomic mass is 9.99. The average molecular weight is 1060 g/mol. The highest BCUT2D eigenvalue weighted by molar-refractivity contribution is 7.81. The molecule has 0 unspecified atom stereocenters. The summed E-state index contributed by atoms with van der Waals surface area (Å²) < 4.78 is -1.33. The zero-order valence-corrected chi connectivity index (χ0v) is 43.3. The van der Waals surface area contributed by atoms with Crippen molar-refractivity contribution in [2.75, 3.05) is 12.3 Å². The van der Waals surface area contributed by atoms with Crippen LogP contribution in [0.15, 0.2) is 85.1 Å². The Bertz CT molecular complexity index is 2560. The van der Waals surface area contributed by atoms with Gasteiger partial charge < -0.3 is 74.7 Å². The SMILES string of the molecule is C[C@@H](O)[C@H](NC(=O)[C@H](NC(=O)[C@@H](NC(=O)[C@H](CCCN)NC(=O)[C@@H](Cc1c[nH]c2ccccc12)NC(=O)[C@H](Cc1ccc(O)cc1)NC(=O)[C@H](CS)NC(=O)[C@H](N)Cc1ccccc1)[C@@H](C)O)C(C)(C)S)C(N)=O. The number of nitrogens with one attached hydrogen (secondary N) is 8. The first-order valence-corrected chi connectivity index (χ1v) is 25.0. The van der Waals surface area contributed by atoms with E-state index in [1.807, 2.05) is 12.1 Å². The van der Waals surface area contributed by atoms with Crippen molar-refractivity contribution in [3.8, 4) is 5.75 Å². The molecule has 0 aliphatic heterocycles. The van der Waals surface area contributed by atoms with E-state index in [1.54, 1.807) is 48.7 Å². The van der Waals surface area contributed by atoms with Gasteiger partial charge in [0.2, 0.25) is 47.3 Å². The van der Waals surface area contributed by atoms with Crippen molar-refractivity contribution >= 4 is 83.4 Å². The number of aromatic nitrogens is 1. The van der Waals surface area contributed by atoms with Gasteiger partial charge >= 0.3 is 0 Å². The fourth-order valence-electron chi connectivity index (χ4n) is 7.77. The number of benzene rings is 3. The molecule has 1 aromatic heterocycles. The molecule has 22 nitrogen and oxygen atoms in total. The van der Waals surface area contributed by atoms with Crippen molar-refractivity contribution in [3.63, 3.8) is 0 Å². The number of rotatable bonds is 28. The lowest BCUT2D eigenvalue weighted by molar-refractivity contribution is -0.137. The molecule has 0 aliphatic rings. The molecule has 24 heteroatoms. The second kappa shape index (κ2) is 28.1. The minimum atomic E-state index is -1.74. The fourth-order valence-corrected chi connectivity index (χ4v) is 8.21. The minimum absolute atomic E-state index is 0.0607. The first kappa shape index (κ1) is 59.9. The number of carbonyl (C=O) groups is 8. The molecule has 0 radical (unpaired) electrons. The number of para-hydroxylation sites is 1. The van der Waals surface area contributed by atoms with E-state index < -0.39 is 113 Å². The molecule has 8 amide bonds. The van der Waals surface area contributed by atoms with E-state index in [0.717, 1.165) is 5.56 Å². The number of primary amides is 1. The molecular weight excluding hydrogens is 995 g/mol. The number of carbonyl (C=O) groups excluding carboxylic acids is 8. The van der Waals surface area contributed by atoms with Crippen LogP contribution in [0.5, 0.6) is 5.75 Å². The Hall–Kier alpha value is -6.70. The third-order valence-electron chi connectivity index (χ3n) is 11.9. The van der Waals surface area contributed by atoms with Crippen LogP contribution in [-0.2, 0) is 57.6 Å². The normalized spacial score (nSPS) is 15.5. The topological polar surface area (TPSA) is 375 Å². The van der Waals surface area contributed by atoms with Crippen LogP contribution in [0.25, 0.3) is 10.9 Å². The van der Waals surface area contributed by atoms with E-state index >= 15 is 0 Å². The predicted octanol–water partition coefficient (Wildman–Crippen LogP) is -1.75. The Balaban J connectivity index is 1.63. The number of aromatic amines is 1. The van der Waals surface area contributed by atoms with Crippen LogP contribution in [0.1, 0.15) is 57.2 Å². The Labute approximate surface area is 439 Å². The lowest BCUT2D eigenvalue weighted by Gasteiger charge is -2.33. The number of aromatic hydroxyl groups is 1. The molecule has 0 fully saturated rings. The zero-order valence-electron chi connectivity index (χ0n) is 41.5. The van der Waals surface area contributed by atoms with Gasteiger partial charge in [0.25, 0.3) is 0 Å². The first-order chi connectivity index (χ1) is 34.9. The summed E-state index contributed by atoms with van der Waals surface area (Å²) in [5.41, 5.74) is 20.0. The van der Waals surface area contributed by atoms with Gasteiger partial charge in [0.05, 0.1) is 18.2 Å². The second-order valence-corrected chi connectivity index (χ2v) is 20.1. The monoisotopic (exact) mass is 1060 g/mol. The van der Waals surface area contributed by atoms with E-state index in [4.69, 9.17) is 17.2 Å². The maximum absolute atomic E-state index is 14.6. The van der Waals surface area contributed by atoms with Crippen LogP contribution in [-0.4, -0.2) is 145 Å². The highest BCUT2D eigenvalue weighted by Crippen LogP contribution is 2.21. The third kappa shape index (κ3) is 17.8. The van der Waals surface area contributed by atoms with E-state index in [-0.39, 0.29) is 50.2 Å². The smallest absolute Gasteiger partial charge is 0.245 e. The number of aliphatic hydroxyl groups is 2. The Kier molecular flexibility index (Phi) is 22.7. The summed E-state index contributed by atoms with van der Waals surface area (Å²) in [7, 11) is 0. The van der Waals surface area contributed by atoms with Gasteiger partial charge in [0.15, 0.2) is 0 Å². The van der Waals surface area contributed by atoms with Gasteiger partial charge in [0, 0.05) is 40.4 Å². The minimum Gasteiger partial charge on any atom is -0.508 e. The van der Waals surface area contributed by atoms with E-state index in [2.05, 4.69) is 67.5 Å². The number of hydrogen-bond acceptors (Lipinski definition) is 15. The number of amides is 8. The van der Waals surface area contributed by atoms with Crippen LogP contribution < -0.4 is 54.4 Å². The fraction of sp³-hybridized carbons (Fsp3) is 0.440. The van der Waals surface area contributed by atoms with Crippen LogP contribution in [0.4, 0.5) is 0 Å². The number of thiol groups is 2. The van der Waals surface area contributed by atoms with Crippen LogP contribution in [0.3, 0.4) is 0 Å². The average Bonchev–Trinajstić information content (AvgIpc) is 3.76. The van der Waals surface area contributed by atoms with Crippen molar-refractivity contribution in [2.45, 2.75) is 125 Å². The molecule has 17 N–H and O–H groups in total. The quantitative estimate of drug-likeness (QED) is 0.0281. The summed E-state index contributed by atoms with van der Waals surface area (Å²) in [6.45, 7) is 5.42. The Morgan fingerprint density at radius 3 is 1.70 bits per heavy atom. The number of nitrogens with two attached hydrogens (primary N) is 3. The molecule has 3 aromatic carbocycles. The van der Waals surface area contributed by atoms with Gasteiger partial charge in [-0.25, -0.2) is 0 Å². The number of H-pyrrole nitrogens is 1. The van der Waals surface area contributed by atoms with Crippen LogP contribution in [0, 0.1) is 0 Å². The molecule has 0 bridgehead atoms. The molecular formula is C50H69N11O11S2. The van der Waals surface area contributed by atoms with Crippen molar-refractivity contribution < 1.29 is 53.7 Å². The maximum Gasteiger partial charge on any atom is 0.245 e. The number of phenolic OH excluding ortho intramolecular Hbond substituents is 1. The molecule has 74 heavy (non-hydrogen) atoms. The van der Waals surface area contributed by atoms with Gasteiger partial charge in [-0.15, -0.1) is 0 Å². The number of aliphatic hydroxyl groups excluding tert-OH is 2. The molecule has 1 heterocycles. The van der Waals surface area contributed by atoms with Gasteiger partial charge in [-0.05, 0) is 88.4 Å². The van der Waals surface area contributed by atoms with Gasteiger partial charge in [-0.1, -0.05) is 60.7 Å². The zero-order chi connectivity index (χ0) is 54.9. The van der Waals surface area contributed by atoms with Crippen molar-refractivity contribution in [2.24, 2.45) is 17.2 Å². The summed E-state index contributed by atoms with van der Waals surface area (Å²) in [5.74, 6) is -7.47. The van der Waals surface area contributed by atoms with E-state index in [0.29, 0.717) is 22.0 Å². The first-order valence-electron chi connectivity index (χ1n) is 23.9. The van der Waals surface area contributed by atoms with Gasteiger partial charge in [-0.2, -0.15) is 25.3 Å². The second-order valence-electron chi connectivity index (χ2n) is 18.5. The highest BCUT2D eigenvalue weighted by atomic mass is 32.1. The standard InChI is InChI=1S/C50H69N11O11S2/c1-26(62)39(42(53)65)59-49(72)41(50(3,4)74)61-48(71)40(27(2)63)60-44(67)35(15-10-20-51)55-46(69)37(23-30-24-54-34-14-9-8-13-32(30)34)57-45(68)36(22-29-16-18-31(64)19-17-29)56-47(70)38(25-73)58-43(66)33(52)21-28-11-6-5-7-12-28/h5-9,11-14,16-19,24,26-27,33,35-41,54,62-64,73-74H,10,15,20-23,25,51-52H2,1-4H3,(H2,53,65)(H,55,69)(H,56,70)(H,57,68)(H,58,66)(H,59,72)(H,60,67)(H,61,71)/t26-,27-,33-,35+,36+,37-,38+,39+,40+,41+/m1/s1. The summed E-state index contributed by atoms with van der Waals surface area (Å²) in [6.07, 6.45) is -1.42. The summed E-state index contributed by atoms with van der Waals surface area (Å²) in [5, 5.41) is 49.4. The number of fused-ring (bicyclic) bond motifs is 1. The predicted molar refractivity (Wildman–Crippen MR) is 283 cm³/mol. The maximum atomic E-state index is 14.6. The summed E-state index contributed by atoms with van der Waals surface area (Å²) >= 11 is 8.73. The van der Waals surface area contributed by atoms with Crippen molar-refractivity contribution in [1.29, 1.82) is 0 Å². The molecule has 4 rings (SSSR count). The molecule has 0 saturated carbocycles. The molecule has 402 valence electrons. The van der Waals surface area contributed by atoms with Crippen LogP contribution in [0.2, 0.25) is 0 Å². The number of phenols is 1. The van der Waals surface area contributed by atoms with Crippen molar-refractivity contribution in [1.82, 2.24) is 42.2 Å². The third-order valence-corrected chi connectivity index (χ3v) is 12.5. The number of hydrogen-bond donors (Lipinski definition) is 16. The summed E-state index contributed by atoms with van der Waals surface area (Å²) in [4.78, 5) is 113. The Morgan fingerprint density at radius 1 is 0.622 bits per heavy atom. The largest absolute Gasteiger partial charge is 0.508 e. The lowest BCUT2D eigenvalue weighted by Crippen LogP contribution is -2.64. The van der Waals surface area contributed by atoms with Crippen molar-refractivity contribution in [3.05, 3.63) is 102 Å². The van der Waals surface area contributed by atoms with Gasteiger partial charge in [0.1, 0.15) is 48.0 Å².